The van der Waals surface area contributed by atoms with Gasteiger partial charge in [-0.3, -0.25) is 0 Å². The second-order valence-corrected chi connectivity index (χ2v) is 4.61. The van der Waals surface area contributed by atoms with Gasteiger partial charge in [0.15, 0.2) is 0 Å². The van der Waals surface area contributed by atoms with E-state index in [1.807, 2.05) is 0 Å². The summed E-state index contributed by atoms with van der Waals surface area (Å²) in [6.07, 6.45) is 8.11. The lowest BCUT2D eigenvalue weighted by atomic mass is 10.2. The minimum atomic E-state index is 0.579. The lowest BCUT2D eigenvalue weighted by molar-refractivity contribution is 0.000528. The first-order valence-electron chi connectivity index (χ1n) is 7.83. The maximum absolute atomic E-state index is 5.49. The second-order valence-electron chi connectivity index (χ2n) is 4.61. The number of ether oxygens (including phenoxy) is 4. The van der Waals surface area contributed by atoms with E-state index < -0.39 is 0 Å². The van der Waals surface area contributed by atoms with Crippen LogP contribution in [0, 0.1) is 0 Å². The van der Waals surface area contributed by atoms with Crippen molar-refractivity contribution in [3.8, 4) is 0 Å². The Morgan fingerprint density at radius 2 is 1.15 bits per heavy atom. The van der Waals surface area contributed by atoms with Gasteiger partial charge >= 0.3 is 0 Å². The third kappa shape index (κ3) is 17.6. The minimum absolute atomic E-state index is 0.579. The van der Waals surface area contributed by atoms with Crippen LogP contribution >= 0.6 is 0 Å². The molecule has 0 fully saturated rings. The second kappa shape index (κ2) is 18.6. The molecular formula is C16H32O4. The monoisotopic (exact) mass is 288 g/mol. The van der Waals surface area contributed by atoms with Gasteiger partial charge in [-0.25, -0.2) is 0 Å². The SMILES string of the molecule is C=CCOCCOCCOCCOCCCCCCC. The van der Waals surface area contributed by atoms with E-state index in [0.717, 1.165) is 13.0 Å². The van der Waals surface area contributed by atoms with Gasteiger partial charge < -0.3 is 18.9 Å². The molecule has 0 aromatic carbocycles. The van der Waals surface area contributed by atoms with Crippen molar-refractivity contribution >= 4 is 0 Å². The summed E-state index contributed by atoms with van der Waals surface area (Å²) in [5.41, 5.74) is 0. The molecule has 120 valence electrons. The molecule has 0 spiro atoms. The number of unbranched alkanes of at least 4 members (excludes halogenated alkanes) is 4. The molecule has 0 heterocycles. The summed E-state index contributed by atoms with van der Waals surface area (Å²) in [7, 11) is 0. The van der Waals surface area contributed by atoms with Gasteiger partial charge in [-0.05, 0) is 6.42 Å². The summed E-state index contributed by atoms with van der Waals surface area (Å²) < 4.78 is 21.4. The summed E-state index contributed by atoms with van der Waals surface area (Å²) in [5, 5.41) is 0. The summed E-state index contributed by atoms with van der Waals surface area (Å²) in [5.74, 6) is 0. The van der Waals surface area contributed by atoms with Crippen molar-refractivity contribution in [1.29, 1.82) is 0 Å². The Labute approximate surface area is 124 Å². The largest absolute Gasteiger partial charge is 0.379 e. The summed E-state index contributed by atoms with van der Waals surface area (Å²) in [4.78, 5) is 0. The predicted molar refractivity (Wildman–Crippen MR) is 82.2 cm³/mol. The Balaban J connectivity index is 2.90. The fraction of sp³-hybridized carbons (Fsp3) is 0.875. The molecule has 0 radical (unpaired) electrons. The molecule has 4 heteroatoms. The first-order chi connectivity index (χ1) is 9.91. The van der Waals surface area contributed by atoms with Crippen LogP contribution in [-0.2, 0) is 18.9 Å². The van der Waals surface area contributed by atoms with Gasteiger partial charge in [-0.1, -0.05) is 38.7 Å². The van der Waals surface area contributed by atoms with Crippen LogP contribution in [0.25, 0.3) is 0 Å². The molecule has 0 N–H and O–H groups in total. The van der Waals surface area contributed by atoms with Crippen LogP contribution in [0.5, 0.6) is 0 Å². The highest BCUT2D eigenvalue weighted by Crippen LogP contribution is 2.02. The number of rotatable bonds is 17. The zero-order valence-corrected chi connectivity index (χ0v) is 13.1. The molecule has 0 saturated heterocycles. The third-order valence-corrected chi connectivity index (χ3v) is 2.74. The van der Waals surface area contributed by atoms with Crippen molar-refractivity contribution in [2.24, 2.45) is 0 Å². The van der Waals surface area contributed by atoms with Crippen LogP contribution in [-0.4, -0.2) is 52.9 Å². The third-order valence-electron chi connectivity index (χ3n) is 2.74. The predicted octanol–water partition coefficient (Wildman–Crippen LogP) is 3.21. The Kier molecular flexibility index (Phi) is 18.2. The van der Waals surface area contributed by atoms with E-state index in [2.05, 4.69) is 13.5 Å². The van der Waals surface area contributed by atoms with E-state index in [0.29, 0.717) is 46.2 Å². The van der Waals surface area contributed by atoms with Gasteiger partial charge in [0.05, 0.1) is 46.2 Å². The molecule has 0 atom stereocenters. The molecule has 20 heavy (non-hydrogen) atoms. The molecular weight excluding hydrogens is 256 g/mol. The maximum atomic E-state index is 5.49. The lowest BCUT2D eigenvalue weighted by Crippen LogP contribution is -2.12. The van der Waals surface area contributed by atoms with E-state index in [4.69, 9.17) is 18.9 Å². The average Bonchev–Trinajstić information content (AvgIpc) is 2.47. The molecule has 0 unspecified atom stereocenters. The molecule has 0 aliphatic rings. The smallest absolute Gasteiger partial charge is 0.0704 e. The van der Waals surface area contributed by atoms with Gasteiger partial charge in [0.2, 0.25) is 0 Å². The Morgan fingerprint density at radius 1 is 0.650 bits per heavy atom. The average molecular weight is 288 g/mol. The van der Waals surface area contributed by atoms with Gasteiger partial charge in [0, 0.05) is 6.61 Å². The molecule has 4 nitrogen and oxygen atoms in total. The summed E-state index contributed by atoms with van der Waals surface area (Å²) in [6, 6.07) is 0. The molecule has 0 bridgehead atoms. The summed E-state index contributed by atoms with van der Waals surface area (Å²) >= 11 is 0. The topological polar surface area (TPSA) is 36.9 Å². The maximum Gasteiger partial charge on any atom is 0.0704 e. The first-order valence-corrected chi connectivity index (χ1v) is 7.83. The molecule has 0 aliphatic carbocycles. The van der Waals surface area contributed by atoms with Crippen molar-refractivity contribution in [1.82, 2.24) is 0 Å². The molecule has 0 amide bonds. The standard InChI is InChI=1S/C16H32O4/c1-3-5-6-7-8-10-18-12-14-20-16-15-19-13-11-17-9-4-2/h4H,2-3,5-16H2,1H3. The zero-order valence-electron chi connectivity index (χ0n) is 13.1. The van der Waals surface area contributed by atoms with Crippen LogP contribution in [0.2, 0.25) is 0 Å². The van der Waals surface area contributed by atoms with Gasteiger partial charge in [-0.2, -0.15) is 0 Å². The van der Waals surface area contributed by atoms with Gasteiger partial charge in [0.25, 0.3) is 0 Å². The van der Waals surface area contributed by atoms with Gasteiger partial charge in [0.1, 0.15) is 0 Å². The van der Waals surface area contributed by atoms with Crippen molar-refractivity contribution in [2.45, 2.75) is 39.0 Å². The quantitative estimate of drug-likeness (QED) is 0.304. The van der Waals surface area contributed by atoms with E-state index in [9.17, 15) is 0 Å². The molecule has 0 aromatic heterocycles. The molecule has 0 aliphatic heterocycles. The van der Waals surface area contributed by atoms with Crippen LogP contribution in [0.4, 0.5) is 0 Å². The van der Waals surface area contributed by atoms with Gasteiger partial charge in [-0.15, -0.1) is 6.58 Å². The van der Waals surface area contributed by atoms with Crippen molar-refractivity contribution in [3.05, 3.63) is 12.7 Å². The number of hydrogen-bond donors (Lipinski definition) is 0. The molecule has 0 aromatic rings. The lowest BCUT2D eigenvalue weighted by Gasteiger charge is -2.07. The molecule has 0 saturated carbocycles. The van der Waals surface area contributed by atoms with E-state index in [1.165, 1.54) is 25.7 Å². The normalized spacial score (nSPS) is 10.8. The van der Waals surface area contributed by atoms with E-state index in [-0.39, 0.29) is 0 Å². The summed E-state index contributed by atoms with van der Waals surface area (Å²) in [6.45, 7) is 11.0. The fourth-order valence-corrected chi connectivity index (χ4v) is 1.63. The molecule has 0 rings (SSSR count). The number of hydrogen-bond acceptors (Lipinski definition) is 4. The van der Waals surface area contributed by atoms with Crippen LogP contribution in [0.15, 0.2) is 12.7 Å². The van der Waals surface area contributed by atoms with Crippen molar-refractivity contribution < 1.29 is 18.9 Å². The highest BCUT2D eigenvalue weighted by atomic mass is 16.6. The van der Waals surface area contributed by atoms with Crippen molar-refractivity contribution in [2.75, 3.05) is 52.9 Å². The Bertz CT molecular complexity index is 185. The zero-order chi connectivity index (χ0) is 14.7. The van der Waals surface area contributed by atoms with Crippen LogP contribution in [0.1, 0.15) is 39.0 Å². The highest BCUT2D eigenvalue weighted by molar-refractivity contribution is 4.63. The van der Waals surface area contributed by atoms with E-state index in [1.54, 1.807) is 6.08 Å². The van der Waals surface area contributed by atoms with Crippen molar-refractivity contribution in [3.63, 3.8) is 0 Å². The van der Waals surface area contributed by atoms with Crippen LogP contribution in [0.3, 0.4) is 0 Å². The first kappa shape index (κ1) is 19.6. The minimum Gasteiger partial charge on any atom is -0.379 e. The van der Waals surface area contributed by atoms with Crippen LogP contribution < -0.4 is 0 Å². The van der Waals surface area contributed by atoms with E-state index >= 15 is 0 Å². The Hall–Kier alpha value is -0.420. The fourth-order valence-electron chi connectivity index (χ4n) is 1.63. The highest BCUT2D eigenvalue weighted by Gasteiger charge is 1.93. The Morgan fingerprint density at radius 3 is 1.70 bits per heavy atom.